The summed E-state index contributed by atoms with van der Waals surface area (Å²) >= 11 is 1.26. The van der Waals surface area contributed by atoms with E-state index in [1.807, 2.05) is 20.8 Å². The van der Waals surface area contributed by atoms with Gasteiger partial charge in [0.05, 0.1) is 21.7 Å². The molecule has 0 aliphatic rings. The number of hydrogen-bond acceptors (Lipinski definition) is 7. The molecule has 10 heteroatoms. The van der Waals surface area contributed by atoms with Gasteiger partial charge in [0.25, 0.3) is 5.91 Å². The number of unbranched alkanes of at least 4 members (excludes halogenated alkanes) is 1. The average molecular weight is 485 g/mol. The fourth-order valence-corrected chi connectivity index (χ4v) is 5.71. The van der Waals surface area contributed by atoms with Gasteiger partial charge in [0, 0.05) is 17.6 Å². The van der Waals surface area contributed by atoms with Gasteiger partial charge >= 0.3 is 0 Å². The highest BCUT2D eigenvalue weighted by Crippen LogP contribution is 2.33. The van der Waals surface area contributed by atoms with E-state index in [1.165, 1.54) is 23.5 Å². The number of aromatic nitrogens is 2. The third-order valence-corrected chi connectivity index (χ3v) is 7.79. The van der Waals surface area contributed by atoms with Gasteiger partial charge < -0.3 is 9.73 Å². The molecule has 0 atom stereocenters. The van der Waals surface area contributed by atoms with Crippen molar-refractivity contribution in [3.8, 4) is 11.6 Å². The summed E-state index contributed by atoms with van der Waals surface area (Å²) in [5, 5.41) is 3.64. The minimum absolute atomic E-state index is 0.106. The third-order valence-electron chi connectivity index (χ3n) is 5.14. The molecule has 0 radical (unpaired) electrons. The highest BCUT2D eigenvalue weighted by Gasteiger charge is 2.21. The van der Waals surface area contributed by atoms with Crippen molar-refractivity contribution >= 4 is 43.2 Å². The van der Waals surface area contributed by atoms with Crippen LogP contribution in [0.25, 0.3) is 21.8 Å². The largest absolute Gasteiger partial charge is 0.461 e. The highest BCUT2D eigenvalue weighted by molar-refractivity contribution is 7.89. The highest BCUT2D eigenvalue weighted by atomic mass is 32.2. The van der Waals surface area contributed by atoms with Crippen LogP contribution >= 0.6 is 11.3 Å². The van der Waals surface area contributed by atoms with Gasteiger partial charge in [-0.1, -0.05) is 19.4 Å². The molecule has 0 saturated carbocycles. The first-order chi connectivity index (χ1) is 15.8. The Labute approximate surface area is 196 Å². The zero-order valence-corrected chi connectivity index (χ0v) is 20.1. The second kappa shape index (κ2) is 9.42. The second-order valence-electron chi connectivity index (χ2n) is 7.58. The van der Waals surface area contributed by atoms with Crippen molar-refractivity contribution in [2.24, 2.45) is 0 Å². The van der Waals surface area contributed by atoms with Crippen LogP contribution in [-0.4, -0.2) is 30.8 Å². The molecule has 3 aromatic heterocycles. The van der Waals surface area contributed by atoms with Gasteiger partial charge in [0.2, 0.25) is 10.0 Å². The Morgan fingerprint density at radius 1 is 1.15 bits per heavy atom. The molecule has 0 saturated heterocycles. The molecule has 33 heavy (non-hydrogen) atoms. The lowest BCUT2D eigenvalue weighted by molar-refractivity contribution is 0.103. The van der Waals surface area contributed by atoms with Crippen LogP contribution in [0.5, 0.6) is 0 Å². The van der Waals surface area contributed by atoms with Crippen molar-refractivity contribution in [3.05, 3.63) is 58.8 Å². The molecule has 1 aromatic carbocycles. The van der Waals surface area contributed by atoms with Crippen molar-refractivity contribution in [3.63, 3.8) is 0 Å². The summed E-state index contributed by atoms with van der Waals surface area (Å²) in [5.41, 5.74) is 1.93. The summed E-state index contributed by atoms with van der Waals surface area (Å²) in [6.45, 7) is 6.09. The average Bonchev–Trinajstić information content (AvgIpc) is 3.42. The van der Waals surface area contributed by atoms with Crippen LogP contribution in [0.1, 0.15) is 40.7 Å². The minimum Gasteiger partial charge on any atom is -0.461 e. The maximum atomic E-state index is 13.1. The molecular formula is C23H24N4O4S2. The normalized spacial score (nSPS) is 11.7. The molecule has 4 aromatic rings. The molecule has 2 N–H and O–H groups in total. The molecule has 0 fully saturated rings. The number of benzene rings is 1. The minimum atomic E-state index is -3.64. The monoisotopic (exact) mass is 484 g/mol. The Morgan fingerprint density at radius 3 is 2.70 bits per heavy atom. The number of fused-ring (bicyclic) bond motifs is 1. The standard InChI is InChI=1S/C23H24N4O4S2/c1-4-5-11-24-33(29,30)17-9-6-8-16(13-17)26-22(28)20-14(2)19-15(3)25-21(27-23(19)32-20)18-10-7-12-31-18/h6-10,12-13,24H,4-5,11H2,1-3H3,(H,26,28). The van der Waals surface area contributed by atoms with E-state index in [9.17, 15) is 13.2 Å². The number of rotatable bonds is 8. The number of carbonyl (C=O) groups excluding carboxylic acids is 1. The molecule has 1 amide bonds. The Kier molecular flexibility index (Phi) is 6.59. The summed E-state index contributed by atoms with van der Waals surface area (Å²) in [4.78, 5) is 23.5. The van der Waals surface area contributed by atoms with Crippen molar-refractivity contribution in [1.29, 1.82) is 0 Å². The Balaban J connectivity index is 1.61. The van der Waals surface area contributed by atoms with E-state index in [4.69, 9.17) is 4.42 Å². The van der Waals surface area contributed by atoms with Crippen molar-refractivity contribution in [2.45, 2.75) is 38.5 Å². The van der Waals surface area contributed by atoms with Crippen LogP contribution in [0.3, 0.4) is 0 Å². The fraction of sp³-hybridized carbons (Fsp3) is 0.261. The van der Waals surface area contributed by atoms with E-state index in [1.54, 1.807) is 30.5 Å². The van der Waals surface area contributed by atoms with Gasteiger partial charge in [-0.05, 0) is 56.2 Å². The zero-order chi connectivity index (χ0) is 23.6. The maximum absolute atomic E-state index is 13.1. The van der Waals surface area contributed by atoms with Crippen LogP contribution in [0.15, 0.2) is 52.0 Å². The molecule has 172 valence electrons. The van der Waals surface area contributed by atoms with Gasteiger partial charge in [-0.3, -0.25) is 4.79 Å². The SMILES string of the molecule is CCCCNS(=O)(=O)c1cccc(NC(=O)c2sc3nc(-c4ccco4)nc(C)c3c2C)c1. The summed E-state index contributed by atoms with van der Waals surface area (Å²) in [7, 11) is -3.64. The van der Waals surface area contributed by atoms with Crippen LogP contribution in [0.4, 0.5) is 5.69 Å². The Hall–Kier alpha value is -3.08. The number of nitrogens with zero attached hydrogens (tertiary/aromatic N) is 2. The first-order valence-electron chi connectivity index (χ1n) is 10.5. The number of furan rings is 1. The van der Waals surface area contributed by atoms with Crippen LogP contribution in [-0.2, 0) is 10.0 Å². The van der Waals surface area contributed by atoms with Gasteiger partial charge in [0.1, 0.15) is 4.83 Å². The molecule has 0 aliphatic carbocycles. The predicted molar refractivity (Wildman–Crippen MR) is 129 cm³/mol. The Morgan fingerprint density at radius 2 is 1.97 bits per heavy atom. The smallest absolute Gasteiger partial charge is 0.266 e. The number of hydrogen-bond donors (Lipinski definition) is 2. The molecule has 0 aliphatic heterocycles. The number of anilines is 1. The number of amides is 1. The molecule has 3 heterocycles. The molecule has 0 unspecified atom stereocenters. The number of carbonyl (C=O) groups is 1. The lowest BCUT2D eigenvalue weighted by Gasteiger charge is -2.09. The van der Waals surface area contributed by atoms with E-state index < -0.39 is 10.0 Å². The summed E-state index contributed by atoms with van der Waals surface area (Å²) in [5.74, 6) is 0.692. The van der Waals surface area contributed by atoms with E-state index >= 15 is 0 Å². The van der Waals surface area contributed by atoms with E-state index in [0.29, 0.717) is 33.5 Å². The number of nitrogens with one attached hydrogen (secondary N) is 2. The van der Waals surface area contributed by atoms with Gasteiger partial charge in [-0.2, -0.15) is 0 Å². The van der Waals surface area contributed by atoms with Crippen LogP contribution in [0.2, 0.25) is 0 Å². The Bertz CT molecular complexity index is 1410. The maximum Gasteiger partial charge on any atom is 0.266 e. The van der Waals surface area contributed by atoms with Crippen LogP contribution < -0.4 is 10.0 Å². The number of sulfonamides is 1. The summed E-state index contributed by atoms with van der Waals surface area (Å²) in [6, 6.07) is 9.77. The van der Waals surface area contributed by atoms with Crippen LogP contribution in [0, 0.1) is 13.8 Å². The van der Waals surface area contributed by atoms with E-state index in [2.05, 4.69) is 20.0 Å². The van der Waals surface area contributed by atoms with Gasteiger partial charge in [0.15, 0.2) is 11.6 Å². The van der Waals surface area contributed by atoms with Crippen molar-refractivity contribution in [2.75, 3.05) is 11.9 Å². The first kappa shape index (κ1) is 23.1. The van der Waals surface area contributed by atoms with E-state index in [-0.39, 0.29) is 10.8 Å². The molecule has 0 spiro atoms. The lowest BCUT2D eigenvalue weighted by Crippen LogP contribution is -2.24. The van der Waals surface area contributed by atoms with Crippen molar-refractivity contribution in [1.82, 2.24) is 14.7 Å². The number of thiophene rings is 1. The van der Waals surface area contributed by atoms with Gasteiger partial charge in [-0.25, -0.2) is 23.1 Å². The predicted octanol–water partition coefficient (Wildman–Crippen LogP) is 4.90. The zero-order valence-electron chi connectivity index (χ0n) is 18.5. The molecule has 0 bridgehead atoms. The topological polar surface area (TPSA) is 114 Å². The second-order valence-corrected chi connectivity index (χ2v) is 10.3. The van der Waals surface area contributed by atoms with E-state index in [0.717, 1.165) is 29.5 Å². The molecular weight excluding hydrogens is 460 g/mol. The molecule has 4 rings (SSSR count). The molecule has 8 nitrogen and oxygen atoms in total. The lowest BCUT2D eigenvalue weighted by atomic mass is 10.1. The quantitative estimate of drug-likeness (QED) is 0.344. The van der Waals surface area contributed by atoms with Gasteiger partial charge in [-0.15, -0.1) is 11.3 Å². The summed E-state index contributed by atoms with van der Waals surface area (Å²) in [6.07, 6.45) is 3.20. The first-order valence-corrected chi connectivity index (χ1v) is 12.8. The van der Waals surface area contributed by atoms with Crippen molar-refractivity contribution < 1.29 is 17.6 Å². The third kappa shape index (κ3) is 4.82. The fourth-order valence-electron chi connectivity index (χ4n) is 3.47. The number of aryl methyl sites for hydroxylation is 2. The summed E-state index contributed by atoms with van der Waals surface area (Å²) < 4.78 is 33.0.